The number of hydrogen-bond donors (Lipinski definition) is 1. The normalized spacial score (nSPS) is 15.2. The zero-order valence-corrected chi connectivity index (χ0v) is 14.1. The number of nitrogens with zero attached hydrogens (tertiary/aromatic N) is 4. The molecule has 2 aromatic rings. The van der Waals surface area contributed by atoms with Crippen molar-refractivity contribution in [2.75, 3.05) is 32.7 Å². The first-order chi connectivity index (χ1) is 12.1. The van der Waals surface area contributed by atoms with E-state index >= 15 is 0 Å². The first-order valence-corrected chi connectivity index (χ1v) is 8.22. The third kappa shape index (κ3) is 4.63. The van der Waals surface area contributed by atoms with E-state index < -0.39 is 0 Å². The van der Waals surface area contributed by atoms with Gasteiger partial charge in [0.25, 0.3) is 5.91 Å². The van der Waals surface area contributed by atoms with Gasteiger partial charge in [-0.3, -0.25) is 19.5 Å². The van der Waals surface area contributed by atoms with Crippen LogP contribution in [-0.2, 0) is 11.3 Å². The lowest BCUT2D eigenvalue weighted by molar-refractivity contribution is -0.122. The minimum Gasteiger partial charge on any atom is -0.351 e. The smallest absolute Gasteiger partial charge is 0.292 e. The average molecular weight is 343 g/mol. The van der Waals surface area contributed by atoms with Crippen molar-refractivity contribution in [1.29, 1.82) is 0 Å². The van der Waals surface area contributed by atoms with Crippen molar-refractivity contribution in [3.05, 3.63) is 47.6 Å². The number of aryl methyl sites for hydroxylation is 1. The molecule has 0 aliphatic carbocycles. The van der Waals surface area contributed by atoms with Gasteiger partial charge in [-0.25, -0.2) is 0 Å². The standard InChI is InChI=1S/C17H21N5O3/c1-13-9-15(25-20-13)17(24)22-7-5-21(6-8-22)12-16(23)19-11-14-3-2-4-18-10-14/h2-4,9-10H,5-8,11-12H2,1H3,(H,19,23). The van der Waals surface area contributed by atoms with Gasteiger partial charge < -0.3 is 14.7 Å². The van der Waals surface area contributed by atoms with E-state index in [0.29, 0.717) is 45.0 Å². The molecule has 0 saturated carbocycles. The van der Waals surface area contributed by atoms with Crippen LogP contribution in [-0.4, -0.2) is 64.5 Å². The molecule has 2 amide bonds. The Morgan fingerprint density at radius 3 is 2.72 bits per heavy atom. The van der Waals surface area contributed by atoms with E-state index in [-0.39, 0.29) is 17.6 Å². The van der Waals surface area contributed by atoms with Crippen LogP contribution < -0.4 is 5.32 Å². The van der Waals surface area contributed by atoms with Crippen molar-refractivity contribution >= 4 is 11.8 Å². The Balaban J connectivity index is 1.41. The lowest BCUT2D eigenvalue weighted by Gasteiger charge is -2.33. The summed E-state index contributed by atoms with van der Waals surface area (Å²) in [6.07, 6.45) is 3.43. The fourth-order valence-corrected chi connectivity index (χ4v) is 2.69. The van der Waals surface area contributed by atoms with Gasteiger partial charge in [0.05, 0.1) is 12.2 Å². The molecule has 132 valence electrons. The molecule has 1 fully saturated rings. The number of aromatic nitrogens is 2. The number of amides is 2. The van der Waals surface area contributed by atoms with Crippen LogP contribution in [0.3, 0.4) is 0 Å². The zero-order chi connectivity index (χ0) is 17.6. The van der Waals surface area contributed by atoms with Crippen LogP contribution in [0.1, 0.15) is 21.8 Å². The molecule has 3 heterocycles. The van der Waals surface area contributed by atoms with Gasteiger partial charge in [-0.15, -0.1) is 0 Å². The second-order valence-corrected chi connectivity index (χ2v) is 6.04. The van der Waals surface area contributed by atoms with E-state index in [1.54, 1.807) is 30.3 Å². The molecule has 1 N–H and O–H groups in total. The number of hydrogen-bond acceptors (Lipinski definition) is 6. The molecule has 2 aromatic heterocycles. The van der Waals surface area contributed by atoms with E-state index in [0.717, 1.165) is 5.56 Å². The van der Waals surface area contributed by atoms with Crippen molar-refractivity contribution in [2.45, 2.75) is 13.5 Å². The molecule has 3 rings (SSSR count). The van der Waals surface area contributed by atoms with Crippen LogP contribution in [0.2, 0.25) is 0 Å². The van der Waals surface area contributed by atoms with Crippen LogP contribution >= 0.6 is 0 Å². The molecule has 0 radical (unpaired) electrons. The SMILES string of the molecule is Cc1cc(C(=O)N2CCN(CC(=O)NCc3cccnc3)CC2)on1. The molecule has 0 aromatic carbocycles. The highest BCUT2D eigenvalue weighted by Crippen LogP contribution is 2.10. The number of carbonyl (C=O) groups excluding carboxylic acids is 2. The second-order valence-electron chi connectivity index (χ2n) is 6.04. The third-order valence-corrected chi connectivity index (χ3v) is 4.08. The largest absolute Gasteiger partial charge is 0.351 e. The van der Waals surface area contributed by atoms with Crippen molar-refractivity contribution < 1.29 is 14.1 Å². The highest BCUT2D eigenvalue weighted by molar-refractivity contribution is 5.91. The molecule has 8 heteroatoms. The summed E-state index contributed by atoms with van der Waals surface area (Å²) in [7, 11) is 0. The Labute approximate surface area is 145 Å². The predicted octanol–water partition coefficient (Wildman–Crippen LogP) is 0.452. The maximum Gasteiger partial charge on any atom is 0.292 e. The van der Waals surface area contributed by atoms with Crippen molar-refractivity contribution in [1.82, 2.24) is 25.3 Å². The Hall–Kier alpha value is -2.74. The number of piperazine rings is 1. The lowest BCUT2D eigenvalue weighted by atomic mass is 10.2. The summed E-state index contributed by atoms with van der Waals surface area (Å²) < 4.78 is 5.02. The summed E-state index contributed by atoms with van der Waals surface area (Å²) in [5, 5.41) is 6.63. The van der Waals surface area contributed by atoms with Crippen molar-refractivity contribution in [3.8, 4) is 0 Å². The highest BCUT2D eigenvalue weighted by Gasteiger charge is 2.25. The van der Waals surface area contributed by atoms with Crippen LogP contribution in [0.15, 0.2) is 35.1 Å². The molecule has 25 heavy (non-hydrogen) atoms. The molecule has 0 spiro atoms. The van der Waals surface area contributed by atoms with Gasteiger partial charge >= 0.3 is 0 Å². The van der Waals surface area contributed by atoms with E-state index in [2.05, 4.69) is 15.5 Å². The monoisotopic (exact) mass is 343 g/mol. The molecule has 0 bridgehead atoms. The van der Waals surface area contributed by atoms with Crippen molar-refractivity contribution in [2.24, 2.45) is 0 Å². The molecule has 8 nitrogen and oxygen atoms in total. The summed E-state index contributed by atoms with van der Waals surface area (Å²) in [5.74, 6) is 0.0796. The second kappa shape index (κ2) is 7.89. The number of pyridine rings is 1. The summed E-state index contributed by atoms with van der Waals surface area (Å²) in [4.78, 5) is 32.1. The summed E-state index contributed by atoms with van der Waals surface area (Å²) in [5.41, 5.74) is 1.65. The minimum atomic E-state index is -0.152. The maximum absolute atomic E-state index is 12.3. The summed E-state index contributed by atoms with van der Waals surface area (Å²) in [6.45, 7) is 5.00. The summed E-state index contributed by atoms with van der Waals surface area (Å²) in [6, 6.07) is 5.40. The van der Waals surface area contributed by atoms with E-state index in [1.807, 2.05) is 17.0 Å². The first-order valence-electron chi connectivity index (χ1n) is 8.22. The molecule has 1 aliphatic heterocycles. The molecule has 1 saturated heterocycles. The molecule has 0 unspecified atom stereocenters. The van der Waals surface area contributed by atoms with Crippen LogP contribution in [0.5, 0.6) is 0 Å². The predicted molar refractivity (Wildman–Crippen MR) is 89.7 cm³/mol. The maximum atomic E-state index is 12.3. The van der Waals surface area contributed by atoms with Crippen LogP contribution in [0, 0.1) is 6.92 Å². The third-order valence-electron chi connectivity index (χ3n) is 4.08. The number of carbonyl (C=O) groups is 2. The van der Waals surface area contributed by atoms with Gasteiger partial charge in [0.15, 0.2) is 0 Å². The fraction of sp³-hybridized carbons (Fsp3) is 0.412. The summed E-state index contributed by atoms with van der Waals surface area (Å²) >= 11 is 0. The van der Waals surface area contributed by atoms with E-state index in [4.69, 9.17) is 4.52 Å². The zero-order valence-electron chi connectivity index (χ0n) is 14.1. The fourth-order valence-electron chi connectivity index (χ4n) is 2.69. The topological polar surface area (TPSA) is 91.6 Å². The Kier molecular flexibility index (Phi) is 5.39. The minimum absolute atomic E-state index is 0.0329. The quantitative estimate of drug-likeness (QED) is 0.848. The Bertz CT molecular complexity index is 723. The molecule has 0 atom stereocenters. The number of nitrogens with one attached hydrogen (secondary N) is 1. The Morgan fingerprint density at radius 1 is 1.28 bits per heavy atom. The van der Waals surface area contributed by atoms with E-state index in [9.17, 15) is 9.59 Å². The van der Waals surface area contributed by atoms with Gasteiger partial charge in [-0.2, -0.15) is 0 Å². The molecular formula is C17H21N5O3. The highest BCUT2D eigenvalue weighted by atomic mass is 16.5. The van der Waals surface area contributed by atoms with Gasteiger partial charge in [0, 0.05) is 51.2 Å². The van der Waals surface area contributed by atoms with Gasteiger partial charge in [0.2, 0.25) is 11.7 Å². The number of rotatable bonds is 5. The van der Waals surface area contributed by atoms with Gasteiger partial charge in [-0.05, 0) is 18.6 Å². The Morgan fingerprint density at radius 2 is 2.08 bits per heavy atom. The van der Waals surface area contributed by atoms with Gasteiger partial charge in [-0.1, -0.05) is 11.2 Å². The van der Waals surface area contributed by atoms with Crippen LogP contribution in [0.25, 0.3) is 0 Å². The average Bonchev–Trinajstić information content (AvgIpc) is 3.07. The molecule has 1 aliphatic rings. The lowest BCUT2D eigenvalue weighted by Crippen LogP contribution is -2.51. The van der Waals surface area contributed by atoms with Crippen molar-refractivity contribution in [3.63, 3.8) is 0 Å². The van der Waals surface area contributed by atoms with E-state index in [1.165, 1.54) is 0 Å². The van der Waals surface area contributed by atoms with Crippen LogP contribution in [0.4, 0.5) is 0 Å². The molecular weight excluding hydrogens is 322 g/mol. The van der Waals surface area contributed by atoms with Gasteiger partial charge in [0.1, 0.15) is 0 Å². The first kappa shape index (κ1) is 17.1.